The molecule has 0 aromatic rings. The van der Waals surface area contributed by atoms with E-state index in [2.05, 4.69) is 32.1 Å². The van der Waals surface area contributed by atoms with Gasteiger partial charge in [-0.15, -0.1) is 0 Å². The van der Waals surface area contributed by atoms with Crippen molar-refractivity contribution < 1.29 is 47.2 Å². The normalized spacial score (nSPS) is 14.7. The van der Waals surface area contributed by atoms with E-state index in [1.807, 2.05) is 45.4 Å². The van der Waals surface area contributed by atoms with E-state index in [9.17, 15) is 24.2 Å². The molecule has 3 atom stereocenters. The van der Waals surface area contributed by atoms with E-state index in [1.54, 1.807) is 6.08 Å². The zero-order valence-electron chi connectivity index (χ0n) is 34.8. The monoisotopic (exact) mass is 784 g/mol. The standard InChI is InChI=1S/C43H78NO9P/c1-6-8-10-12-14-16-18-19-21-23-25-30-34-42(46)50-38-41(39-52-54(48,49)51-37-36-44(3,4)5)53-43(47)35-31-27-26-29-33-40(45)32-28-24-22-20-17-15-13-11-9-7-2/h15,17,22,24,26,28-29,32,40-41,45H,6-14,16,18-21,23,25,27,30-31,33-39H2,1-5H3/b17-15-,24-22-,29-26-,32-28-. The van der Waals surface area contributed by atoms with E-state index in [4.69, 9.17) is 18.5 Å². The predicted octanol–water partition coefficient (Wildman–Crippen LogP) is 9.86. The van der Waals surface area contributed by atoms with Gasteiger partial charge >= 0.3 is 11.9 Å². The van der Waals surface area contributed by atoms with Crippen LogP contribution in [0.15, 0.2) is 48.6 Å². The maximum atomic E-state index is 12.6. The molecule has 0 amide bonds. The summed E-state index contributed by atoms with van der Waals surface area (Å²) in [5.41, 5.74) is 0. The molecule has 0 aliphatic carbocycles. The van der Waals surface area contributed by atoms with E-state index >= 15 is 0 Å². The van der Waals surface area contributed by atoms with Gasteiger partial charge in [0.2, 0.25) is 0 Å². The van der Waals surface area contributed by atoms with E-state index in [0.29, 0.717) is 36.7 Å². The number of allylic oxidation sites excluding steroid dienone is 6. The Morgan fingerprint density at radius 3 is 1.91 bits per heavy atom. The maximum absolute atomic E-state index is 12.6. The summed E-state index contributed by atoms with van der Waals surface area (Å²) in [6.45, 7) is 4.00. The van der Waals surface area contributed by atoms with Crippen LogP contribution in [0.4, 0.5) is 0 Å². The molecule has 54 heavy (non-hydrogen) atoms. The van der Waals surface area contributed by atoms with E-state index in [-0.39, 0.29) is 26.1 Å². The first kappa shape index (κ1) is 51.9. The molecule has 314 valence electrons. The quantitative estimate of drug-likeness (QED) is 0.0163. The average molecular weight is 784 g/mol. The molecular formula is C43H78NO9P. The number of rotatable bonds is 37. The highest BCUT2D eigenvalue weighted by molar-refractivity contribution is 7.45. The van der Waals surface area contributed by atoms with Gasteiger partial charge in [0.1, 0.15) is 19.8 Å². The fourth-order valence-corrected chi connectivity index (χ4v) is 6.05. The Morgan fingerprint density at radius 1 is 0.685 bits per heavy atom. The summed E-state index contributed by atoms with van der Waals surface area (Å²) in [7, 11) is 1.07. The van der Waals surface area contributed by atoms with Crippen LogP contribution < -0.4 is 4.89 Å². The van der Waals surface area contributed by atoms with Crippen LogP contribution in [0.5, 0.6) is 0 Å². The predicted molar refractivity (Wildman–Crippen MR) is 219 cm³/mol. The van der Waals surface area contributed by atoms with Crippen molar-refractivity contribution >= 4 is 19.8 Å². The molecule has 0 rings (SSSR count). The van der Waals surface area contributed by atoms with E-state index < -0.39 is 38.6 Å². The number of unbranched alkanes of at least 4 members (excludes halogenated alkanes) is 15. The second kappa shape index (κ2) is 35.4. The molecule has 0 saturated heterocycles. The lowest BCUT2D eigenvalue weighted by atomic mass is 10.0. The Kier molecular flexibility index (Phi) is 34.0. The van der Waals surface area contributed by atoms with Crippen molar-refractivity contribution in [1.82, 2.24) is 0 Å². The molecule has 0 spiro atoms. The van der Waals surface area contributed by atoms with Gasteiger partial charge in [-0.25, -0.2) is 0 Å². The molecule has 0 bridgehead atoms. The van der Waals surface area contributed by atoms with Gasteiger partial charge in [-0.05, 0) is 44.9 Å². The van der Waals surface area contributed by atoms with Crippen molar-refractivity contribution in [1.29, 1.82) is 0 Å². The highest BCUT2D eigenvalue weighted by Gasteiger charge is 2.21. The minimum absolute atomic E-state index is 0.0578. The van der Waals surface area contributed by atoms with Gasteiger partial charge in [0.25, 0.3) is 7.82 Å². The molecule has 0 aromatic carbocycles. The van der Waals surface area contributed by atoms with Gasteiger partial charge < -0.3 is 33.0 Å². The molecule has 11 heteroatoms. The average Bonchev–Trinajstić information content (AvgIpc) is 3.11. The fourth-order valence-electron chi connectivity index (χ4n) is 5.32. The first-order valence-electron chi connectivity index (χ1n) is 21.0. The summed E-state index contributed by atoms with van der Waals surface area (Å²) >= 11 is 0. The molecule has 0 saturated carbocycles. The van der Waals surface area contributed by atoms with Crippen molar-refractivity contribution in [2.24, 2.45) is 0 Å². The number of aliphatic hydroxyl groups is 1. The second-order valence-electron chi connectivity index (χ2n) is 15.2. The van der Waals surface area contributed by atoms with Gasteiger partial charge in [0, 0.05) is 12.8 Å². The lowest BCUT2D eigenvalue weighted by Gasteiger charge is -2.28. The number of likely N-dealkylation sites (N-methyl/N-ethyl adjacent to an activating group) is 1. The largest absolute Gasteiger partial charge is 0.756 e. The smallest absolute Gasteiger partial charge is 0.306 e. The number of ether oxygens (including phenoxy) is 2. The number of carbonyl (C=O) groups is 2. The summed E-state index contributed by atoms with van der Waals surface area (Å²) in [5.74, 6) is -0.970. The van der Waals surface area contributed by atoms with Gasteiger partial charge in [0.15, 0.2) is 6.10 Å². The van der Waals surface area contributed by atoms with Gasteiger partial charge in [-0.3, -0.25) is 14.2 Å². The number of hydrogen-bond donors (Lipinski definition) is 1. The number of phosphoric acid groups is 1. The molecule has 0 fully saturated rings. The van der Waals surface area contributed by atoms with Crippen LogP contribution in [-0.4, -0.2) is 81.2 Å². The van der Waals surface area contributed by atoms with Crippen LogP contribution in [0.1, 0.15) is 155 Å². The number of aliphatic hydroxyl groups excluding tert-OH is 1. The van der Waals surface area contributed by atoms with Crippen molar-refractivity contribution in [3.8, 4) is 0 Å². The van der Waals surface area contributed by atoms with Gasteiger partial charge in [0.05, 0.1) is 33.9 Å². The Bertz CT molecular complexity index is 1080. The van der Waals surface area contributed by atoms with Crippen molar-refractivity contribution in [2.75, 3.05) is 47.5 Å². The SMILES string of the molecule is CCCCC/C=C\C/C=C\C=C/C(O)C/C=C\CCCC(=O)OC(COC(=O)CCCCCCCCCCCCCC)COP(=O)([O-])OCC[N+](C)(C)C. The second-order valence-corrected chi connectivity index (χ2v) is 16.6. The molecule has 0 aliphatic heterocycles. The van der Waals surface area contributed by atoms with E-state index in [0.717, 1.165) is 32.1 Å². The number of quaternary nitrogens is 1. The molecule has 0 radical (unpaired) electrons. The summed E-state index contributed by atoms with van der Waals surface area (Å²) in [6, 6.07) is 0. The maximum Gasteiger partial charge on any atom is 0.306 e. The highest BCUT2D eigenvalue weighted by Crippen LogP contribution is 2.38. The lowest BCUT2D eigenvalue weighted by Crippen LogP contribution is -2.37. The Balaban J connectivity index is 4.59. The van der Waals surface area contributed by atoms with Crippen molar-refractivity contribution in [3.63, 3.8) is 0 Å². The van der Waals surface area contributed by atoms with Gasteiger partial charge in [-0.2, -0.15) is 0 Å². The summed E-state index contributed by atoms with van der Waals surface area (Å²) < 4.78 is 33.7. The molecule has 0 aromatic heterocycles. The Morgan fingerprint density at radius 2 is 1.26 bits per heavy atom. The van der Waals surface area contributed by atoms with Crippen LogP contribution in [0, 0.1) is 0 Å². The van der Waals surface area contributed by atoms with Gasteiger partial charge in [-0.1, -0.05) is 146 Å². The molecular weight excluding hydrogens is 705 g/mol. The number of carbonyl (C=O) groups excluding carboxylic acids is 2. The minimum atomic E-state index is -4.66. The highest BCUT2D eigenvalue weighted by atomic mass is 31.2. The molecule has 3 unspecified atom stereocenters. The topological polar surface area (TPSA) is 131 Å². The van der Waals surface area contributed by atoms with Crippen molar-refractivity contribution in [2.45, 2.75) is 167 Å². The fraction of sp³-hybridized carbons (Fsp3) is 0.767. The van der Waals surface area contributed by atoms with Crippen molar-refractivity contribution in [3.05, 3.63) is 48.6 Å². The van der Waals surface area contributed by atoms with Crippen LogP contribution in [0.2, 0.25) is 0 Å². The molecule has 0 aliphatic rings. The Hall–Kier alpha value is -2.07. The van der Waals surface area contributed by atoms with Crippen LogP contribution in [0.25, 0.3) is 0 Å². The Labute approximate surface area is 329 Å². The van der Waals surface area contributed by atoms with E-state index in [1.165, 1.54) is 70.6 Å². The zero-order chi connectivity index (χ0) is 40.2. The van der Waals surface area contributed by atoms with Crippen LogP contribution >= 0.6 is 7.82 Å². The molecule has 10 nitrogen and oxygen atoms in total. The summed E-state index contributed by atoms with van der Waals surface area (Å²) in [5, 5.41) is 10.2. The third-order valence-electron chi connectivity index (χ3n) is 8.68. The first-order chi connectivity index (χ1) is 25.9. The minimum Gasteiger partial charge on any atom is -0.756 e. The number of esters is 2. The lowest BCUT2D eigenvalue weighted by molar-refractivity contribution is -0.870. The molecule has 1 N–H and O–H groups in total. The summed E-state index contributed by atoms with van der Waals surface area (Å²) in [6.07, 6.45) is 35.9. The van der Waals surface area contributed by atoms with Crippen LogP contribution in [-0.2, 0) is 32.7 Å². The summed E-state index contributed by atoms with van der Waals surface area (Å²) in [4.78, 5) is 37.4. The number of hydrogen-bond acceptors (Lipinski definition) is 9. The third kappa shape index (κ3) is 38.2. The number of phosphoric ester groups is 1. The zero-order valence-corrected chi connectivity index (χ0v) is 35.7. The first-order valence-corrected chi connectivity index (χ1v) is 22.4. The van der Waals surface area contributed by atoms with Crippen LogP contribution in [0.3, 0.4) is 0 Å². The molecule has 0 heterocycles. The third-order valence-corrected chi connectivity index (χ3v) is 9.65. The number of nitrogens with zero attached hydrogens (tertiary/aromatic N) is 1.